The SMILES string of the molecule is Cc1nc(C)c(C#N)c(C#N)c1N. The highest BCUT2D eigenvalue weighted by Crippen LogP contribution is 2.20. The minimum atomic E-state index is 0.229. The summed E-state index contributed by atoms with van der Waals surface area (Å²) in [5.41, 5.74) is 7.53. The van der Waals surface area contributed by atoms with E-state index in [2.05, 4.69) is 4.98 Å². The van der Waals surface area contributed by atoms with Crippen LogP contribution in [0.3, 0.4) is 0 Å². The molecule has 0 amide bonds. The van der Waals surface area contributed by atoms with Crippen LogP contribution < -0.4 is 5.73 Å². The lowest BCUT2D eigenvalue weighted by Crippen LogP contribution is -2.03. The summed E-state index contributed by atoms with van der Waals surface area (Å²) >= 11 is 0. The van der Waals surface area contributed by atoms with Crippen LogP contribution in [0.15, 0.2) is 0 Å². The summed E-state index contributed by atoms with van der Waals surface area (Å²) in [6.45, 7) is 3.40. The Morgan fingerprint density at radius 3 is 2.08 bits per heavy atom. The zero-order valence-electron chi connectivity index (χ0n) is 7.42. The Balaban J connectivity index is 3.66. The maximum atomic E-state index is 8.77. The molecule has 0 aliphatic carbocycles. The van der Waals surface area contributed by atoms with Crippen molar-refractivity contribution in [1.29, 1.82) is 10.5 Å². The number of aromatic nitrogens is 1. The number of aryl methyl sites for hydroxylation is 2. The molecule has 0 saturated carbocycles. The van der Waals surface area contributed by atoms with Gasteiger partial charge in [0.2, 0.25) is 0 Å². The second-order valence-corrected chi connectivity index (χ2v) is 2.67. The molecule has 0 radical (unpaired) electrons. The molecule has 2 N–H and O–H groups in total. The molecule has 13 heavy (non-hydrogen) atoms. The van der Waals surface area contributed by atoms with Crippen LogP contribution in [0.4, 0.5) is 5.69 Å². The molecular formula is C9H8N4. The van der Waals surface area contributed by atoms with Gasteiger partial charge in [0.25, 0.3) is 0 Å². The molecule has 0 aliphatic rings. The fourth-order valence-electron chi connectivity index (χ4n) is 1.12. The van der Waals surface area contributed by atoms with Gasteiger partial charge in [-0.15, -0.1) is 0 Å². The average Bonchev–Trinajstić information content (AvgIpc) is 2.10. The van der Waals surface area contributed by atoms with Gasteiger partial charge in [0.05, 0.1) is 28.2 Å². The van der Waals surface area contributed by atoms with Crippen molar-refractivity contribution in [3.8, 4) is 12.1 Å². The molecule has 0 fully saturated rings. The van der Waals surface area contributed by atoms with Crippen LogP contribution in [0.25, 0.3) is 0 Å². The number of nitrogens with zero attached hydrogens (tertiary/aromatic N) is 3. The third-order valence-corrected chi connectivity index (χ3v) is 1.83. The number of hydrogen-bond donors (Lipinski definition) is 1. The lowest BCUT2D eigenvalue weighted by Gasteiger charge is -2.05. The maximum Gasteiger partial charge on any atom is 0.103 e. The van der Waals surface area contributed by atoms with Crippen LogP contribution in [0, 0.1) is 36.5 Å². The van der Waals surface area contributed by atoms with Crippen molar-refractivity contribution < 1.29 is 0 Å². The van der Waals surface area contributed by atoms with E-state index < -0.39 is 0 Å². The molecule has 0 bridgehead atoms. The number of hydrogen-bond acceptors (Lipinski definition) is 4. The zero-order valence-corrected chi connectivity index (χ0v) is 7.42. The summed E-state index contributed by atoms with van der Waals surface area (Å²) < 4.78 is 0. The van der Waals surface area contributed by atoms with Gasteiger partial charge in [-0.3, -0.25) is 4.98 Å². The zero-order chi connectivity index (χ0) is 10.0. The minimum Gasteiger partial charge on any atom is -0.396 e. The summed E-state index contributed by atoms with van der Waals surface area (Å²) in [5.74, 6) is 0. The number of anilines is 1. The Hall–Kier alpha value is -2.07. The van der Waals surface area contributed by atoms with Crippen LogP contribution in [-0.2, 0) is 0 Å². The molecule has 4 heteroatoms. The van der Waals surface area contributed by atoms with Crippen molar-refractivity contribution >= 4 is 5.69 Å². The van der Waals surface area contributed by atoms with Crippen molar-refractivity contribution in [2.24, 2.45) is 0 Å². The molecule has 0 saturated heterocycles. The Labute approximate surface area is 76.2 Å². The Morgan fingerprint density at radius 2 is 1.62 bits per heavy atom. The van der Waals surface area contributed by atoms with Crippen molar-refractivity contribution in [3.05, 3.63) is 22.5 Å². The molecule has 0 spiro atoms. The monoisotopic (exact) mass is 172 g/mol. The molecule has 1 rings (SSSR count). The van der Waals surface area contributed by atoms with Gasteiger partial charge >= 0.3 is 0 Å². The fraction of sp³-hybridized carbons (Fsp3) is 0.222. The van der Waals surface area contributed by atoms with E-state index in [1.165, 1.54) is 0 Å². The van der Waals surface area contributed by atoms with Gasteiger partial charge < -0.3 is 5.73 Å². The molecule has 0 aromatic carbocycles. The first-order valence-corrected chi connectivity index (χ1v) is 3.68. The van der Waals surface area contributed by atoms with Gasteiger partial charge in [0.15, 0.2) is 0 Å². The molecular weight excluding hydrogens is 164 g/mol. The van der Waals surface area contributed by atoms with Gasteiger partial charge in [-0.05, 0) is 13.8 Å². The summed E-state index contributed by atoms with van der Waals surface area (Å²) in [6.07, 6.45) is 0. The molecule has 1 aromatic rings. The van der Waals surface area contributed by atoms with Gasteiger partial charge in [0.1, 0.15) is 12.1 Å². The molecule has 4 nitrogen and oxygen atoms in total. The van der Waals surface area contributed by atoms with E-state index in [1.54, 1.807) is 13.8 Å². The van der Waals surface area contributed by atoms with Crippen LogP contribution in [0.5, 0.6) is 0 Å². The standard InChI is InChI=1S/C9H8N4/c1-5-7(3-10)8(4-11)9(12)6(2)13-5/h12H2,1-2H3. The first kappa shape index (κ1) is 9.02. The number of nitrogens with two attached hydrogens (primary N) is 1. The number of nitriles is 2. The predicted octanol–water partition coefficient (Wildman–Crippen LogP) is 1.02. The van der Waals surface area contributed by atoms with Crippen molar-refractivity contribution in [3.63, 3.8) is 0 Å². The van der Waals surface area contributed by atoms with Crippen molar-refractivity contribution in [2.45, 2.75) is 13.8 Å². The Morgan fingerprint density at radius 1 is 1.08 bits per heavy atom. The van der Waals surface area contributed by atoms with Gasteiger partial charge in [-0.1, -0.05) is 0 Å². The summed E-state index contributed by atoms with van der Waals surface area (Å²) in [7, 11) is 0. The van der Waals surface area contributed by atoms with E-state index >= 15 is 0 Å². The van der Waals surface area contributed by atoms with E-state index in [1.807, 2.05) is 12.1 Å². The first-order valence-electron chi connectivity index (χ1n) is 3.68. The summed E-state index contributed by atoms with van der Waals surface area (Å²) in [4.78, 5) is 4.05. The van der Waals surface area contributed by atoms with E-state index in [-0.39, 0.29) is 11.1 Å². The first-order chi connectivity index (χ1) is 6.11. The number of rotatable bonds is 0. The lowest BCUT2D eigenvalue weighted by molar-refractivity contribution is 1.11. The van der Waals surface area contributed by atoms with Crippen LogP contribution in [0.2, 0.25) is 0 Å². The van der Waals surface area contributed by atoms with Gasteiger partial charge in [-0.2, -0.15) is 10.5 Å². The normalized spacial score (nSPS) is 8.92. The third kappa shape index (κ3) is 1.30. The van der Waals surface area contributed by atoms with Crippen molar-refractivity contribution in [1.82, 2.24) is 4.98 Å². The predicted molar refractivity (Wildman–Crippen MR) is 47.6 cm³/mol. The molecule has 1 aromatic heterocycles. The largest absolute Gasteiger partial charge is 0.396 e. The summed E-state index contributed by atoms with van der Waals surface area (Å²) in [6, 6.07) is 3.83. The Bertz CT molecular complexity index is 434. The lowest BCUT2D eigenvalue weighted by atomic mass is 10.1. The quantitative estimate of drug-likeness (QED) is 0.633. The third-order valence-electron chi connectivity index (χ3n) is 1.83. The topological polar surface area (TPSA) is 86.5 Å². The average molecular weight is 172 g/mol. The number of pyridine rings is 1. The molecule has 0 unspecified atom stereocenters. The summed E-state index contributed by atoms with van der Waals surface area (Å²) in [5, 5.41) is 17.5. The second kappa shape index (κ2) is 3.12. The molecule has 0 aliphatic heterocycles. The van der Waals surface area contributed by atoms with Crippen LogP contribution in [0.1, 0.15) is 22.5 Å². The molecule has 0 atom stereocenters. The smallest absolute Gasteiger partial charge is 0.103 e. The van der Waals surface area contributed by atoms with E-state index in [4.69, 9.17) is 16.3 Å². The van der Waals surface area contributed by atoms with Crippen LogP contribution >= 0.6 is 0 Å². The Kier molecular flexibility index (Phi) is 2.17. The van der Waals surface area contributed by atoms with Gasteiger partial charge in [-0.25, -0.2) is 0 Å². The molecule has 1 heterocycles. The highest BCUT2D eigenvalue weighted by atomic mass is 14.8. The van der Waals surface area contributed by atoms with Crippen LogP contribution in [-0.4, -0.2) is 4.98 Å². The maximum absolute atomic E-state index is 8.77. The highest BCUT2D eigenvalue weighted by Gasteiger charge is 2.12. The minimum absolute atomic E-state index is 0.229. The fourth-order valence-corrected chi connectivity index (χ4v) is 1.12. The van der Waals surface area contributed by atoms with Crippen molar-refractivity contribution in [2.75, 3.05) is 5.73 Å². The van der Waals surface area contributed by atoms with E-state index in [0.717, 1.165) is 0 Å². The van der Waals surface area contributed by atoms with E-state index in [9.17, 15) is 0 Å². The van der Waals surface area contributed by atoms with E-state index in [0.29, 0.717) is 17.1 Å². The number of nitrogen functional groups attached to an aromatic ring is 1. The second-order valence-electron chi connectivity index (χ2n) is 2.67. The van der Waals surface area contributed by atoms with Gasteiger partial charge in [0, 0.05) is 0 Å². The highest BCUT2D eigenvalue weighted by molar-refractivity contribution is 5.64. The molecule has 64 valence electrons.